The monoisotopic (exact) mass is 401 g/mol. The Hall–Kier alpha value is -2.65. The highest BCUT2D eigenvalue weighted by Gasteiger charge is 2.27. The van der Waals surface area contributed by atoms with Crippen LogP contribution in [0.3, 0.4) is 0 Å². The van der Waals surface area contributed by atoms with E-state index in [0.29, 0.717) is 24.4 Å². The zero-order valence-electron chi connectivity index (χ0n) is 17.9. The number of methoxy groups -OCH3 is 1. The van der Waals surface area contributed by atoms with Gasteiger partial charge in [-0.25, -0.2) is 0 Å². The average molecular weight is 402 g/mol. The van der Waals surface area contributed by atoms with Crippen LogP contribution in [-0.4, -0.2) is 19.1 Å². The molecule has 0 aromatic heterocycles. The molecule has 1 saturated carbocycles. The maximum atomic E-state index is 11.3. The smallest absolute Gasteiger partial charge is 0.305 e. The van der Waals surface area contributed by atoms with E-state index in [1.165, 1.54) is 53.8 Å². The lowest BCUT2D eigenvalue weighted by atomic mass is 9.95. The number of rotatable bonds is 7. The molecule has 0 saturated heterocycles. The number of hydrogen-bond donors (Lipinski definition) is 1. The molecule has 4 rings (SSSR count). The number of esters is 1. The Balaban J connectivity index is 1.35. The number of carbonyl (C=O) groups is 1. The van der Waals surface area contributed by atoms with Gasteiger partial charge < -0.3 is 10.1 Å². The number of nitrogens with one attached hydrogen (secondary N) is 1. The lowest BCUT2D eigenvalue weighted by molar-refractivity contribution is -0.140. The number of hydrogen-bond acceptors (Lipinski definition) is 3. The second-order valence-corrected chi connectivity index (χ2v) is 8.48. The quantitative estimate of drug-likeness (QED) is 0.499. The van der Waals surface area contributed by atoms with Gasteiger partial charge in [-0.3, -0.25) is 4.79 Å². The van der Waals surface area contributed by atoms with Crippen molar-refractivity contribution in [3.05, 3.63) is 83.4 Å². The predicted octanol–water partition coefficient (Wildman–Crippen LogP) is 5.93. The van der Waals surface area contributed by atoms with E-state index in [0.717, 1.165) is 6.42 Å². The summed E-state index contributed by atoms with van der Waals surface area (Å²) in [6.45, 7) is 2.28. The van der Waals surface area contributed by atoms with Gasteiger partial charge in [0.2, 0.25) is 0 Å². The molecule has 1 aliphatic carbocycles. The van der Waals surface area contributed by atoms with Crippen molar-refractivity contribution in [2.45, 2.75) is 57.0 Å². The number of benzene rings is 3. The summed E-state index contributed by atoms with van der Waals surface area (Å²) in [5.74, 6) is 0.459. The second-order valence-electron chi connectivity index (χ2n) is 8.48. The topological polar surface area (TPSA) is 38.3 Å². The van der Waals surface area contributed by atoms with E-state index in [9.17, 15) is 4.79 Å². The van der Waals surface area contributed by atoms with Crippen molar-refractivity contribution in [3.63, 3.8) is 0 Å². The fourth-order valence-electron chi connectivity index (χ4n) is 4.81. The highest BCUT2D eigenvalue weighted by molar-refractivity contribution is 5.86. The molecule has 0 amide bonds. The maximum absolute atomic E-state index is 11.3. The molecular formula is C27H31NO2. The zero-order chi connectivity index (χ0) is 20.9. The molecule has 3 nitrogen and oxygen atoms in total. The van der Waals surface area contributed by atoms with Gasteiger partial charge in [0.1, 0.15) is 0 Å². The first-order chi connectivity index (χ1) is 14.6. The van der Waals surface area contributed by atoms with E-state index in [1.807, 2.05) is 0 Å². The summed E-state index contributed by atoms with van der Waals surface area (Å²) >= 11 is 0. The van der Waals surface area contributed by atoms with E-state index in [-0.39, 0.29) is 5.97 Å². The third kappa shape index (κ3) is 4.73. The third-order valence-electron chi connectivity index (χ3n) is 6.50. The van der Waals surface area contributed by atoms with Gasteiger partial charge in [-0.1, -0.05) is 66.7 Å². The fraction of sp³-hybridized carbons (Fsp3) is 0.370. The summed E-state index contributed by atoms with van der Waals surface area (Å²) in [6.07, 6.45) is 4.80. The van der Waals surface area contributed by atoms with E-state index >= 15 is 0 Å². The number of carbonyl (C=O) groups excluding carboxylic acids is 1. The summed E-state index contributed by atoms with van der Waals surface area (Å²) in [4.78, 5) is 11.3. The van der Waals surface area contributed by atoms with E-state index in [1.54, 1.807) is 0 Å². The van der Waals surface area contributed by atoms with Crippen molar-refractivity contribution >= 4 is 16.7 Å². The molecule has 0 spiro atoms. The van der Waals surface area contributed by atoms with Crippen molar-refractivity contribution in [3.8, 4) is 0 Å². The number of fused-ring (bicyclic) bond motifs is 1. The molecular weight excluding hydrogens is 370 g/mol. The van der Waals surface area contributed by atoms with Crippen LogP contribution in [0.5, 0.6) is 0 Å². The summed E-state index contributed by atoms with van der Waals surface area (Å²) in [7, 11) is 1.44. The molecule has 1 aliphatic rings. The molecule has 0 bridgehead atoms. The largest absolute Gasteiger partial charge is 0.469 e. The molecule has 0 aliphatic heterocycles. The van der Waals surface area contributed by atoms with Gasteiger partial charge in [0.05, 0.1) is 7.11 Å². The van der Waals surface area contributed by atoms with E-state index < -0.39 is 0 Å². The Morgan fingerprint density at radius 3 is 2.60 bits per heavy atom. The third-order valence-corrected chi connectivity index (χ3v) is 6.50. The first-order valence-corrected chi connectivity index (χ1v) is 11.0. The van der Waals surface area contributed by atoms with E-state index in [2.05, 4.69) is 79.0 Å². The van der Waals surface area contributed by atoms with Crippen LogP contribution in [0.25, 0.3) is 10.8 Å². The molecule has 1 fully saturated rings. The van der Waals surface area contributed by atoms with Gasteiger partial charge in [-0.05, 0) is 66.0 Å². The summed E-state index contributed by atoms with van der Waals surface area (Å²) in [6, 6.07) is 24.9. The molecule has 30 heavy (non-hydrogen) atoms. The van der Waals surface area contributed by atoms with Crippen molar-refractivity contribution in [1.82, 2.24) is 5.32 Å². The van der Waals surface area contributed by atoms with Gasteiger partial charge in [-0.2, -0.15) is 0 Å². The molecule has 1 unspecified atom stereocenters. The van der Waals surface area contributed by atoms with Crippen LogP contribution in [0.15, 0.2) is 66.7 Å². The Morgan fingerprint density at radius 2 is 1.80 bits per heavy atom. The first-order valence-electron chi connectivity index (χ1n) is 11.0. The predicted molar refractivity (Wildman–Crippen MR) is 123 cm³/mol. The standard InChI is InChI=1S/C27H31NO2/c1-19(25-9-5-7-22-6-3-4-8-26(22)25)28-24-16-15-23(18-24)21-13-10-20(11-14-21)12-17-27(29)30-2/h3-11,13-14,19,23-24,28H,12,15-18H2,1-2H3/t19?,23-,24-/m1/s1. The van der Waals surface area contributed by atoms with Crippen LogP contribution in [0.2, 0.25) is 0 Å². The highest BCUT2D eigenvalue weighted by Crippen LogP contribution is 2.36. The first kappa shape index (κ1) is 20.6. The molecule has 0 radical (unpaired) electrons. The number of ether oxygens (including phenoxy) is 1. The van der Waals surface area contributed by atoms with Crippen LogP contribution in [0, 0.1) is 0 Å². The zero-order valence-corrected chi connectivity index (χ0v) is 17.9. The fourth-order valence-corrected chi connectivity index (χ4v) is 4.81. The second kappa shape index (κ2) is 9.44. The SMILES string of the molecule is COC(=O)CCc1ccc([C@@H]2CC[C@@H](NC(C)c3cccc4ccccc34)C2)cc1. The van der Waals surface area contributed by atoms with Gasteiger partial charge in [0.25, 0.3) is 0 Å². The highest BCUT2D eigenvalue weighted by atomic mass is 16.5. The van der Waals surface area contributed by atoms with Crippen LogP contribution in [0.1, 0.15) is 61.3 Å². The Morgan fingerprint density at radius 1 is 1.03 bits per heavy atom. The van der Waals surface area contributed by atoms with Crippen molar-refractivity contribution in [2.24, 2.45) is 0 Å². The van der Waals surface area contributed by atoms with Crippen molar-refractivity contribution in [2.75, 3.05) is 7.11 Å². The molecule has 0 heterocycles. The van der Waals surface area contributed by atoms with Gasteiger partial charge in [0, 0.05) is 18.5 Å². The maximum Gasteiger partial charge on any atom is 0.305 e. The van der Waals surface area contributed by atoms with Crippen molar-refractivity contribution in [1.29, 1.82) is 0 Å². The minimum atomic E-state index is -0.149. The molecule has 1 N–H and O–H groups in total. The van der Waals surface area contributed by atoms with Crippen LogP contribution in [-0.2, 0) is 16.0 Å². The Kier molecular flexibility index (Phi) is 6.49. The molecule has 3 aromatic rings. The van der Waals surface area contributed by atoms with Crippen LogP contribution >= 0.6 is 0 Å². The normalized spacial score (nSPS) is 19.7. The van der Waals surface area contributed by atoms with Gasteiger partial charge >= 0.3 is 5.97 Å². The summed E-state index contributed by atoms with van der Waals surface area (Å²) in [5, 5.41) is 6.54. The van der Waals surface area contributed by atoms with E-state index in [4.69, 9.17) is 4.74 Å². The molecule has 3 atom stereocenters. The summed E-state index contributed by atoms with van der Waals surface area (Å²) in [5.41, 5.74) is 3.99. The summed E-state index contributed by atoms with van der Waals surface area (Å²) < 4.78 is 4.73. The minimum absolute atomic E-state index is 0.149. The number of aryl methyl sites for hydroxylation is 1. The molecule has 3 heteroatoms. The lowest BCUT2D eigenvalue weighted by Gasteiger charge is -2.21. The molecule has 156 valence electrons. The van der Waals surface area contributed by atoms with Crippen LogP contribution in [0.4, 0.5) is 0 Å². The van der Waals surface area contributed by atoms with Crippen molar-refractivity contribution < 1.29 is 9.53 Å². The minimum Gasteiger partial charge on any atom is -0.469 e. The average Bonchev–Trinajstić information content (AvgIpc) is 3.25. The van der Waals surface area contributed by atoms with Crippen LogP contribution < -0.4 is 5.32 Å². The van der Waals surface area contributed by atoms with Gasteiger partial charge in [0.15, 0.2) is 0 Å². The Labute approximate surface area is 179 Å². The Bertz CT molecular complexity index is 990. The lowest BCUT2D eigenvalue weighted by Crippen LogP contribution is -2.29. The molecule has 3 aromatic carbocycles. The van der Waals surface area contributed by atoms with Gasteiger partial charge in [-0.15, -0.1) is 0 Å².